The third-order valence-electron chi connectivity index (χ3n) is 6.54. The molecule has 0 atom stereocenters. The maximum absolute atomic E-state index is 13.2. The predicted molar refractivity (Wildman–Crippen MR) is 106 cm³/mol. The van der Waals surface area contributed by atoms with Gasteiger partial charge in [0.05, 0.1) is 0 Å². The van der Waals surface area contributed by atoms with Crippen LogP contribution < -0.4 is 0 Å². The lowest BCUT2D eigenvalue weighted by Crippen LogP contribution is -2.28. The van der Waals surface area contributed by atoms with Crippen LogP contribution in [0, 0.1) is 5.41 Å². The summed E-state index contributed by atoms with van der Waals surface area (Å²) in [7, 11) is 0. The largest absolute Gasteiger partial charge is 0.294 e. The van der Waals surface area contributed by atoms with E-state index in [1.54, 1.807) is 0 Å². The summed E-state index contributed by atoms with van der Waals surface area (Å²) in [5.74, 6) is -0.0121. The Bertz CT molecular complexity index is 1230. The van der Waals surface area contributed by atoms with Gasteiger partial charge in [-0.25, -0.2) is 0 Å². The standard InChI is InChI=1S/C25H16O3/c26-22-5-6-23(27)21-10-16-8-18-13-25(12-17(18)7-15(16)9-20(21)22)11-14-3-1-2-4-19(14)24(25)28/h1-10H,11-13H2. The van der Waals surface area contributed by atoms with Gasteiger partial charge < -0.3 is 0 Å². The van der Waals surface area contributed by atoms with Gasteiger partial charge in [0.15, 0.2) is 17.3 Å². The first kappa shape index (κ1) is 15.7. The molecule has 0 unspecified atom stereocenters. The Hall–Kier alpha value is -3.33. The van der Waals surface area contributed by atoms with Crippen LogP contribution in [0.15, 0.2) is 60.7 Å². The summed E-state index contributed by atoms with van der Waals surface area (Å²) in [4.78, 5) is 37.6. The maximum Gasteiger partial charge on any atom is 0.186 e. The fourth-order valence-electron chi connectivity index (χ4n) is 5.22. The average Bonchev–Trinajstić information content (AvgIpc) is 3.18. The highest BCUT2D eigenvalue weighted by Crippen LogP contribution is 2.48. The van der Waals surface area contributed by atoms with Crippen molar-refractivity contribution in [2.45, 2.75) is 19.3 Å². The number of allylic oxidation sites excluding steroid dienone is 2. The van der Waals surface area contributed by atoms with E-state index in [0.717, 1.165) is 41.2 Å². The van der Waals surface area contributed by atoms with Gasteiger partial charge in [0.25, 0.3) is 0 Å². The Balaban J connectivity index is 1.48. The number of carbonyl (C=O) groups excluding carboxylic acids is 3. The molecule has 0 saturated carbocycles. The van der Waals surface area contributed by atoms with E-state index in [-0.39, 0.29) is 22.8 Å². The highest BCUT2D eigenvalue weighted by atomic mass is 16.1. The van der Waals surface area contributed by atoms with Crippen molar-refractivity contribution < 1.29 is 14.4 Å². The van der Waals surface area contributed by atoms with Crippen LogP contribution >= 0.6 is 0 Å². The minimum atomic E-state index is -0.379. The molecule has 3 aliphatic rings. The molecule has 0 aromatic heterocycles. The number of ketones is 3. The second kappa shape index (κ2) is 5.14. The maximum atomic E-state index is 13.2. The van der Waals surface area contributed by atoms with Crippen LogP contribution in [0.4, 0.5) is 0 Å². The molecule has 3 nitrogen and oxygen atoms in total. The lowest BCUT2D eigenvalue weighted by Gasteiger charge is -2.20. The Morgan fingerprint density at radius 2 is 1.14 bits per heavy atom. The molecule has 0 heterocycles. The van der Waals surface area contributed by atoms with Crippen LogP contribution in [0.2, 0.25) is 0 Å². The molecule has 3 heteroatoms. The first-order chi connectivity index (χ1) is 13.5. The molecule has 3 aromatic rings. The SMILES string of the molecule is O=C1C=CC(=O)c2cc3cc4c(cc3cc21)CC1(C4)Cc2ccccc2C1=O. The van der Waals surface area contributed by atoms with Crippen LogP contribution in [0.25, 0.3) is 10.8 Å². The van der Waals surface area contributed by atoms with E-state index >= 15 is 0 Å². The minimum Gasteiger partial charge on any atom is -0.294 e. The van der Waals surface area contributed by atoms with Crippen molar-refractivity contribution in [1.82, 2.24) is 0 Å². The van der Waals surface area contributed by atoms with Gasteiger partial charge in [0.1, 0.15) is 0 Å². The van der Waals surface area contributed by atoms with Gasteiger partial charge in [-0.05, 0) is 71.0 Å². The van der Waals surface area contributed by atoms with Gasteiger partial charge in [-0.1, -0.05) is 36.4 Å². The zero-order chi connectivity index (χ0) is 19.0. The van der Waals surface area contributed by atoms with Crippen LogP contribution in [-0.4, -0.2) is 17.3 Å². The van der Waals surface area contributed by atoms with Crippen LogP contribution in [-0.2, 0) is 19.3 Å². The summed E-state index contributed by atoms with van der Waals surface area (Å²) in [5, 5.41) is 1.91. The van der Waals surface area contributed by atoms with Crippen molar-refractivity contribution >= 4 is 28.1 Å². The summed E-state index contributed by atoms with van der Waals surface area (Å²) in [6.07, 6.45) is 4.93. The molecule has 0 radical (unpaired) electrons. The third-order valence-corrected chi connectivity index (χ3v) is 6.54. The lowest BCUT2D eigenvalue weighted by molar-refractivity contribution is 0.0831. The van der Waals surface area contributed by atoms with Gasteiger partial charge in [0, 0.05) is 22.1 Å². The molecule has 0 amide bonds. The van der Waals surface area contributed by atoms with Crippen molar-refractivity contribution in [3.8, 4) is 0 Å². The van der Waals surface area contributed by atoms with Gasteiger partial charge >= 0.3 is 0 Å². The van der Waals surface area contributed by atoms with Crippen molar-refractivity contribution in [1.29, 1.82) is 0 Å². The number of Topliss-reactive ketones (excluding diaryl/α,β-unsaturated/α-hetero) is 1. The van der Waals surface area contributed by atoms with E-state index in [1.807, 2.05) is 30.3 Å². The fraction of sp³-hybridized carbons (Fsp3) is 0.160. The molecule has 3 aromatic carbocycles. The van der Waals surface area contributed by atoms with E-state index in [2.05, 4.69) is 18.2 Å². The number of benzene rings is 3. The average molecular weight is 364 g/mol. The van der Waals surface area contributed by atoms with Crippen molar-refractivity contribution in [2.24, 2.45) is 5.41 Å². The Morgan fingerprint density at radius 3 is 1.71 bits per heavy atom. The van der Waals surface area contributed by atoms with Gasteiger partial charge in [-0.2, -0.15) is 0 Å². The van der Waals surface area contributed by atoms with E-state index < -0.39 is 0 Å². The number of hydrogen-bond acceptors (Lipinski definition) is 3. The van der Waals surface area contributed by atoms with E-state index in [0.29, 0.717) is 11.1 Å². The molecule has 0 bridgehead atoms. The summed E-state index contributed by atoms with van der Waals surface area (Å²) >= 11 is 0. The molecular weight excluding hydrogens is 348 g/mol. The molecule has 3 aliphatic carbocycles. The third kappa shape index (κ3) is 1.96. The molecule has 0 saturated heterocycles. The summed E-state index contributed by atoms with van der Waals surface area (Å²) in [5.41, 5.74) is 4.92. The Labute approximate surface area is 161 Å². The molecule has 1 spiro atoms. The molecule has 134 valence electrons. The van der Waals surface area contributed by atoms with E-state index in [9.17, 15) is 14.4 Å². The monoisotopic (exact) mass is 364 g/mol. The topological polar surface area (TPSA) is 51.2 Å². The number of hydrogen-bond donors (Lipinski definition) is 0. The zero-order valence-corrected chi connectivity index (χ0v) is 15.1. The van der Waals surface area contributed by atoms with E-state index in [4.69, 9.17) is 0 Å². The van der Waals surface area contributed by atoms with Gasteiger partial charge in [-0.15, -0.1) is 0 Å². The minimum absolute atomic E-state index is 0.130. The Morgan fingerprint density at radius 1 is 0.607 bits per heavy atom. The zero-order valence-electron chi connectivity index (χ0n) is 15.1. The first-order valence-corrected chi connectivity index (χ1v) is 9.53. The molecule has 6 rings (SSSR count). The Kier molecular flexibility index (Phi) is 2.88. The van der Waals surface area contributed by atoms with Crippen molar-refractivity contribution in [2.75, 3.05) is 0 Å². The molecule has 0 fully saturated rings. The molecule has 0 aliphatic heterocycles. The fourth-order valence-corrected chi connectivity index (χ4v) is 5.22. The van der Waals surface area contributed by atoms with Gasteiger partial charge in [0.2, 0.25) is 0 Å². The first-order valence-electron chi connectivity index (χ1n) is 9.53. The number of rotatable bonds is 0. The smallest absolute Gasteiger partial charge is 0.186 e. The predicted octanol–water partition coefficient (Wildman–Crippen LogP) is 4.30. The van der Waals surface area contributed by atoms with Crippen LogP contribution in [0.1, 0.15) is 47.8 Å². The summed E-state index contributed by atoms with van der Waals surface area (Å²) in [6.45, 7) is 0. The quantitative estimate of drug-likeness (QED) is 0.598. The molecule has 0 N–H and O–H groups in total. The van der Waals surface area contributed by atoms with Crippen molar-refractivity contribution in [3.05, 3.63) is 94.1 Å². The molecule has 28 heavy (non-hydrogen) atoms. The number of carbonyl (C=O) groups is 3. The van der Waals surface area contributed by atoms with Crippen molar-refractivity contribution in [3.63, 3.8) is 0 Å². The highest BCUT2D eigenvalue weighted by Gasteiger charge is 2.48. The highest BCUT2D eigenvalue weighted by molar-refractivity contribution is 6.23. The normalized spacial score (nSPS) is 18.6. The second-order valence-corrected chi connectivity index (χ2v) is 8.22. The van der Waals surface area contributed by atoms with Crippen LogP contribution in [0.3, 0.4) is 0 Å². The lowest BCUT2D eigenvalue weighted by atomic mass is 9.81. The van der Waals surface area contributed by atoms with Gasteiger partial charge in [-0.3, -0.25) is 14.4 Å². The van der Waals surface area contributed by atoms with E-state index in [1.165, 1.54) is 23.3 Å². The van der Waals surface area contributed by atoms with Crippen LogP contribution in [0.5, 0.6) is 0 Å². The second-order valence-electron chi connectivity index (χ2n) is 8.22. The summed E-state index contributed by atoms with van der Waals surface area (Å²) in [6, 6.07) is 15.8. The number of fused-ring (bicyclic) bond motifs is 4. The summed E-state index contributed by atoms with van der Waals surface area (Å²) < 4.78 is 0. The molecular formula is C25H16O3.